The SMILES string of the molecule is Cc1cccc2c1CCN2Cc1cnn([C@@]2(C)CCS(=O)(=O)C2)c1. The van der Waals surface area contributed by atoms with Gasteiger partial charge in [-0.1, -0.05) is 12.1 Å². The van der Waals surface area contributed by atoms with Gasteiger partial charge in [0.15, 0.2) is 9.84 Å². The highest BCUT2D eigenvalue weighted by Crippen LogP contribution is 2.33. The van der Waals surface area contributed by atoms with Gasteiger partial charge in [-0.15, -0.1) is 0 Å². The standard InChI is InChI=1S/C18H23N3O2S/c1-14-4-3-5-17-16(14)6-8-20(17)11-15-10-19-21(12-15)18(2)7-9-24(22,23)13-18/h3-5,10,12H,6-9,11,13H2,1-2H3/t18-/m0/s1. The van der Waals surface area contributed by atoms with Crippen LogP contribution in [0.15, 0.2) is 30.6 Å². The molecule has 0 amide bonds. The Balaban J connectivity index is 1.55. The first kappa shape index (κ1) is 15.7. The van der Waals surface area contributed by atoms with Crippen molar-refractivity contribution in [1.29, 1.82) is 0 Å². The zero-order chi connectivity index (χ0) is 16.9. The van der Waals surface area contributed by atoms with E-state index in [1.807, 2.05) is 24.0 Å². The van der Waals surface area contributed by atoms with Crippen LogP contribution < -0.4 is 4.90 Å². The predicted octanol–water partition coefficient (Wildman–Crippen LogP) is 2.29. The van der Waals surface area contributed by atoms with Crippen molar-refractivity contribution >= 4 is 15.5 Å². The van der Waals surface area contributed by atoms with Crippen molar-refractivity contribution in [3.05, 3.63) is 47.3 Å². The highest BCUT2D eigenvalue weighted by Gasteiger charge is 2.40. The number of benzene rings is 1. The van der Waals surface area contributed by atoms with Crippen molar-refractivity contribution in [2.24, 2.45) is 0 Å². The van der Waals surface area contributed by atoms with E-state index in [-0.39, 0.29) is 11.5 Å². The van der Waals surface area contributed by atoms with Gasteiger partial charge in [-0.3, -0.25) is 4.68 Å². The number of hydrogen-bond donors (Lipinski definition) is 0. The van der Waals surface area contributed by atoms with Gasteiger partial charge in [-0.25, -0.2) is 8.42 Å². The fraction of sp³-hybridized carbons (Fsp3) is 0.500. The van der Waals surface area contributed by atoms with E-state index in [0.29, 0.717) is 6.42 Å². The summed E-state index contributed by atoms with van der Waals surface area (Å²) in [7, 11) is -2.93. The average molecular weight is 345 g/mol. The van der Waals surface area contributed by atoms with Gasteiger partial charge >= 0.3 is 0 Å². The van der Waals surface area contributed by atoms with E-state index < -0.39 is 15.4 Å². The number of sulfone groups is 1. The minimum atomic E-state index is -2.93. The van der Waals surface area contributed by atoms with Gasteiger partial charge in [-0.2, -0.15) is 5.10 Å². The fourth-order valence-electron chi connectivity index (χ4n) is 3.97. The van der Waals surface area contributed by atoms with Gasteiger partial charge in [0.1, 0.15) is 0 Å². The molecule has 5 nitrogen and oxygen atoms in total. The van der Waals surface area contributed by atoms with Crippen LogP contribution in [-0.2, 0) is 28.3 Å². The van der Waals surface area contributed by atoms with Gasteiger partial charge in [0.25, 0.3) is 0 Å². The first-order valence-electron chi connectivity index (χ1n) is 8.44. The van der Waals surface area contributed by atoms with Crippen LogP contribution in [0.2, 0.25) is 0 Å². The van der Waals surface area contributed by atoms with Crippen molar-refractivity contribution in [2.45, 2.75) is 38.8 Å². The third-order valence-electron chi connectivity index (χ3n) is 5.40. The molecule has 0 unspecified atom stereocenters. The van der Waals surface area contributed by atoms with Crippen molar-refractivity contribution in [3.8, 4) is 0 Å². The predicted molar refractivity (Wildman–Crippen MR) is 95.1 cm³/mol. The second kappa shape index (κ2) is 5.34. The molecule has 1 saturated heterocycles. The normalized spacial score (nSPS) is 25.2. The van der Waals surface area contributed by atoms with Crippen molar-refractivity contribution < 1.29 is 8.42 Å². The van der Waals surface area contributed by atoms with Crippen LogP contribution in [0.4, 0.5) is 5.69 Å². The molecular weight excluding hydrogens is 322 g/mol. The Bertz CT molecular complexity index is 887. The third kappa shape index (κ3) is 2.62. The van der Waals surface area contributed by atoms with Crippen LogP contribution in [0.5, 0.6) is 0 Å². The topological polar surface area (TPSA) is 55.2 Å². The lowest BCUT2D eigenvalue weighted by Crippen LogP contribution is -2.31. The molecule has 128 valence electrons. The smallest absolute Gasteiger partial charge is 0.152 e. The van der Waals surface area contributed by atoms with E-state index in [1.165, 1.54) is 16.8 Å². The van der Waals surface area contributed by atoms with Crippen molar-refractivity contribution in [3.63, 3.8) is 0 Å². The maximum atomic E-state index is 11.8. The van der Waals surface area contributed by atoms with E-state index >= 15 is 0 Å². The van der Waals surface area contributed by atoms with Crippen molar-refractivity contribution in [2.75, 3.05) is 23.0 Å². The second-order valence-electron chi connectivity index (χ2n) is 7.38. The number of aryl methyl sites for hydroxylation is 1. The van der Waals surface area contributed by atoms with Crippen LogP contribution in [0.25, 0.3) is 0 Å². The minimum Gasteiger partial charge on any atom is -0.367 e. The molecule has 0 N–H and O–H groups in total. The van der Waals surface area contributed by atoms with Gasteiger partial charge < -0.3 is 4.90 Å². The first-order chi connectivity index (χ1) is 11.4. The Kier molecular flexibility index (Phi) is 3.49. The highest BCUT2D eigenvalue weighted by molar-refractivity contribution is 7.91. The van der Waals surface area contributed by atoms with E-state index in [9.17, 15) is 8.42 Å². The minimum absolute atomic E-state index is 0.187. The molecular formula is C18H23N3O2S. The van der Waals surface area contributed by atoms with Gasteiger partial charge in [0, 0.05) is 30.5 Å². The van der Waals surface area contributed by atoms with Crippen LogP contribution in [0, 0.1) is 6.92 Å². The molecule has 0 bridgehead atoms. The second-order valence-corrected chi connectivity index (χ2v) is 9.56. The maximum absolute atomic E-state index is 11.8. The number of fused-ring (bicyclic) bond motifs is 1. The Morgan fingerprint density at radius 1 is 1.33 bits per heavy atom. The summed E-state index contributed by atoms with van der Waals surface area (Å²) >= 11 is 0. The highest BCUT2D eigenvalue weighted by atomic mass is 32.2. The van der Waals surface area contributed by atoms with Crippen LogP contribution >= 0.6 is 0 Å². The molecule has 1 atom stereocenters. The zero-order valence-corrected chi connectivity index (χ0v) is 15.0. The number of rotatable bonds is 3. The lowest BCUT2D eigenvalue weighted by Gasteiger charge is -2.23. The molecule has 2 aliphatic rings. The molecule has 6 heteroatoms. The Hall–Kier alpha value is -1.82. The molecule has 1 aromatic carbocycles. The molecule has 1 fully saturated rings. The van der Waals surface area contributed by atoms with E-state index in [4.69, 9.17) is 0 Å². The summed E-state index contributed by atoms with van der Waals surface area (Å²) in [6, 6.07) is 6.46. The Morgan fingerprint density at radius 2 is 2.17 bits per heavy atom. The van der Waals surface area contributed by atoms with Crippen molar-refractivity contribution in [1.82, 2.24) is 9.78 Å². The van der Waals surface area contributed by atoms with E-state index in [0.717, 1.165) is 25.1 Å². The lowest BCUT2D eigenvalue weighted by molar-refractivity contribution is 0.328. The largest absolute Gasteiger partial charge is 0.367 e. The first-order valence-corrected chi connectivity index (χ1v) is 10.3. The summed E-state index contributed by atoms with van der Waals surface area (Å²) in [6.07, 6.45) is 5.63. The molecule has 4 rings (SSSR count). The van der Waals surface area contributed by atoms with E-state index in [2.05, 4.69) is 35.1 Å². The Morgan fingerprint density at radius 3 is 2.92 bits per heavy atom. The third-order valence-corrected chi connectivity index (χ3v) is 7.29. The monoisotopic (exact) mass is 345 g/mol. The summed E-state index contributed by atoms with van der Waals surface area (Å²) < 4.78 is 25.5. The number of nitrogens with zero attached hydrogens (tertiary/aromatic N) is 3. The Labute approximate surface area is 143 Å². The van der Waals surface area contributed by atoms with Gasteiger partial charge in [0.2, 0.25) is 0 Å². The molecule has 24 heavy (non-hydrogen) atoms. The van der Waals surface area contributed by atoms with Crippen LogP contribution in [0.1, 0.15) is 30.0 Å². The molecule has 3 heterocycles. The zero-order valence-electron chi connectivity index (χ0n) is 14.2. The molecule has 0 aliphatic carbocycles. The van der Waals surface area contributed by atoms with Gasteiger partial charge in [0.05, 0.1) is 23.2 Å². The van der Waals surface area contributed by atoms with E-state index in [1.54, 1.807) is 0 Å². The summed E-state index contributed by atoms with van der Waals surface area (Å²) in [4.78, 5) is 2.39. The number of hydrogen-bond acceptors (Lipinski definition) is 4. The number of anilines is 1. The molecule has 2 aliphatic heterocycles. The molecule has 2 aromatic rings. The summed E-state index contributed by atoms with van der Waals surface area (Å²) in [5, 5.41) is 4.48. The number of aromatic nitrogens is 2. The maximum Gasteiger partial charge on any atom is 0.152 e. The summed E-state index contributed by atoms with van der Waals surface area (Å²) in [5.41, 5.74) is 4.84. The lowest BCUT2D eigenvalue weighted by atomic mass is 10.0. The van der Waals surface area contributed by atoms with Crippen LogP contribution in [0.3, 0.4) is 0 Å². The average Bonchev–Trinajstić information content (AvgIpc) is 3.20. The fourth-order valence-corrected chi connectivity index (χ4v) is 6.09. The molecule has 0 radical (unpaired) electrons. The molecule has 0 saturated carbocycles. The van der Waals surface area contributed by atoms with Gasteiger partial charge in [-0.05, 0) is 43.9 Å². The summed E-state index contributed by atoms with van der Waals surface area (Å²) in [5.74, 6) is 0.449. The molecule has 1 aromatic heterocycles. The molecule has 0 spiro atoms. The quantitative estimate of drug-likeness (QED) is 0.856. The summed E-state index contributed by atoms with van der Waals surface area (Å²) in [6.45, 7) is 6.00. The van der Waals surface area contributed by atoms with Crippen LogP contribution in [-0.4, -0.2) is 36.2 Å².